The molecule has 0 aliphatic carbocycles. The highest BCUT2D eigenvalue weighted by molar-refractivity contribution is 5.46. The zero-order valence-corrected chi connectivity index (χ0v) is 13.0. The summed E-state index contributed by atoms with van der Waals surface area (Å²) in [6, 6.07) is 6.67. The van der Waals surface area contributed by atoms with E-state index in [2.05, 4.69) is 23.2 Å². The minimum atomic E-state index is 0.145. The van der Waals surface area contributed by atoms with Crippen molar-refractivity contribution in [1.82, 2.24) is 10.2 Å². The molecule has 1 N–H and O–H groups in total. The van der Waals surface area contributed by atoms with Gasteiger partial charge in [0, 0.05) is 37.8 Å². The van der Waals surface area contributed by atoms with E-state index in [4.69, 9.17) is 9.47 Å². The topological polar surface area (TPSA) is 33.7 Å². The Morgan fingerprint density at radius 2 is 2.20 bits per heavy atom. The summed E-state index contributed by atoms with van der Waals surface area (Å²) in [5, 5.41) is 3.47. The standard InChI is InChI=1S/C16H26N2O2/c1-12(2)20-16-14(6-5-7-15(16)19-4)11-18-9-8-17-13(3)10-18/h5-7,12-13,17H,8-11H2,1-4H3/t13-/m0/s1. The lowest BCUT2D eigenvalue weighted by Crippen LogP contribution is -2.48. The van der Waals surface area contributed by atoms with Gasteiger partial charge in [0.15, 0.2) is 11.5 Å². The smallest absolute Gasteiger partial charge is 0.166 e. The maximum Gasteiger partial charge on any atom is 0.166 e. The Morgan fingerprint density at radius 3 is 2.85 bits per heavy atom. The summed E-state index contributed by atoms with van der Waals surface area (Å²) in [5.74, 6) is 1.70. The summed E-state index contributed by atoms with van der Waals surface area (Å²) in [5.41, 5.74) is 1.20. The largest absolute Gasteiger partial charge is 0.493 e. The van der Waals surface area contributed by atoms with Crippen LogP contribution in [0.3, 0.4) is 0 Å². The number of benzene rings is 1. The molecule has 0 aromatic heterocycles. The van der Waals surface area contributed by atoms with Gasteiger partial charge in [0.1, 0.15) is 0 Å². The quantitative estimate of drug-likeness (QED) is 0.896. The first kappa shape index (κ1) is 15.1. The zero-order chi connectivity index (χ0) is 14.5. The highest BCUT2D eigenvalue weighted by Crippen LogP contribution is 2.32. The molecule has 0 saturated carbocycles. The number of hydrogen-bond acceptors (Lipinski definition) is 4. The average Bonchev–Trinajstić information content (AvgIpc) is 2.40. The Morgan fingerprint density at radius 1 is 1.40 bits per heavy atom. The fraction of sp³-hybridized carbons (Fsp3) is 0.625. The van der Waals surface area contributed by atoms with Crippen LogP contribution in [0.15, 0.2) is 18.2 Å². The van der Waals surface area contributed by atoms with Crippen LogP contribution in [0.1, 0.15) is 26.3 Å². The van der Waals surface area contributed by atoms with Crippen molar-refractivity contribution in [1.29, 1.82) is 0 Å². The Bertz CT molecular complexity index is 434. The maximum absolute atomic E-state index is 5.97. The van der Waals surface area contributed by atoms with E-state index in [1.807, 2.05) is 26.0 Å². The molecule has 4 nitrogen and oxygen atoms in total. The van der Waals surface area contributed by atoms with E-state index < -0.39 is 0 Å². The highest BCUT2D eigenvalue weighted by Gasteiger charge is 2.19. The van der Waals surface area contributed by atoms with Crippen LogP contribution in [0.4, 0.5) is 0 Å². The van der Waals surface area contributed by atoms with Crippen molar-refractivity contribution >= 4 is 0 Å². The summed E-state index contributed by atoms with van der Waals surface area (Å²) >= 11 is 0. The lowest BCUT2D eigenvalue weighted by atomic mass is 10.1. The second-order valence-electron chi connectivity index (χ2n) is 5.71. The van der Waals surface area contributed by atoms with Crippen LogP contribution in [0.2, 0.25) is 0 Å². The van der Waals surface area contributed by atoms with Gasteiger partial charge in [0.25, 0.3) is 0 Å². The Balaban J connectivity index is 2.17. The lowest BCUT2D eigenvalue weighted by Gasteiger charge is -2.32. The third-order valence-corrected chi connectivity index (χ3v) is 3.48. The fourth-order valence-electron chi connectivity index (χ4n) is 2.61. The Labute approximate surface area is 122 Å². The van der Waals surface area contributed by atoms with Crippen LogP contribution in [0.5, 0.6) is 11.5 Å². The average molecular weight is 278 g/mol. The van der Waals surface area contributed by atoms with Gasteiger partial charge < -0.3 is 14.8 Å². The van der Waals surface area contributed by atoms with E-state index in [1.165, 1.54) is 5.56 Å². The minimum Gasteiger partial charge on any atom is -0.493 e. The van der Waals surface area contributed by atoms with E-state index in [1.54, 1.807) is 7.11 Å². The molecule has 1 atom stereocenters. The van der Waals surface area contributed by atoms with Crippen molar-refractivity contribution in [3.63, 3.8) is 0 Å². The molecule has 0 unspecified atom stereocenters. The van der Waals surface area contributed by atoms with Crippen molar-refractivity contribution in [3.05, 3.63) is 23.8 Å². The SMILES string of the molecule is COc1cccc(CN2CCN[C@@H](C)C2)c1OC(C)C. The van der Waals surface area contributed by atoms with Crippen LogP contribution in [-0.2, 0) is 6.54 Å². The van der Waals surface area contributed by atoms with Crippen molar-refractivity contribution in [2.45, 2.75) is 39.5 Å². The molecular weight excluding hydrogens is 252 g/mol. The van der Waals surface area contributed by atoms with Gasteiger partial charge in [-0.25, -0.2) is 0 Å². The van der Waals surface area contributed by atoms with E-state index in [-0.39, 0.29) is 6.10 Å². The molecule has 2 rings (SSSR count). The highest BCUT2D eigenvalue weighted by atomic mass is 16.5. The molecule has 4 heteroatoms. The molecule has 1 fully saturated rings. The van der Waals surface area contributed by atoms with Crippen molar-refractivity contribution in [2.75, 3.05) is 26.7 Å². The van der Waals surface area contributed by atoms with Gasteiger partial charge in [-0.1, -0.05) is 12.1 Å². The number of para-hydroxylation sites is 1. The normalized spacial score (nSPS) is 20.1. The second kappa shape index (κ2) is 6.95. The van der Waals surface area contributed by atoms with E-state index >= 15 is 0 Å². The van der Waals surface area contributed by atoms with Crippen LogP contribution in [0, 0.1) is 0 Å². The Hall–Kier alpha value is -1.26. The summed E-state index contributed by atoms with van der Waals surface area (Å²) in [4.78, 5) is 2.46. The van der Waals surface area contributed by atoms with Gasteiger partial charge in [-0.05, 0) is 26.8 Å². The molecule has 112 valence electrons. The van der Waals surface area contributed by atoms with Crippen LogP contribution >= 0.6 is 0 Å². The first-order valence-corrected chi connectivity index (χ1v) is 7.38. The number of nitrogens with one attached hydrogen (secondary N) is 1. The third-order valence-electron chi connectivity index (χ3n) is 3.48. The van der Waals surface area contributed by atoms with E-state index in [0.717, 1.165) is 37.7 Å². The molecule has 1 aromatic rings. The molecule has 1 aliphatic heterocycles. The molecule has 1 aliphatic rings. The maximum atomic E-state index is 5.97. The molecule has 20 heavy (non-hydrogen) atoms. The monoisotopic (exact) mass is 278 g/mol. The summed E-state index contributed by atoms with van der Waals surface area (Å²) < 4.78 is 11.4. The van der Waals surface area contributed by atoms with Crippen molar-refractivity contribution in [3.8, 4) is 11.5 Å². The molecule has 1 heterocycles. The van der Waals surface area contributed by atoms with Gasteiger partial charge in [0.05, 0.1) is 13.2 Å². The van der Waals surface area contributed by atoms with Gasteiger partial charge in [-0.2, -0.15) is 0 Å². The second-order valence-corrected chi connectivity index (χ2v) is 5.71. The van der Waals surface area contributed by atoms with Gasteiger partial charge in [-0.15, -0.1) is 0 Å². The van der Waals surface area contributed by atoms with Crippen LogP contribution in [0.25, 0.3) is 0 Å². The van der Waals surface area contributed by atoms with E-state index in [0.29, 0.717) is 6.04 Å². The van der Waals surface area contributed by atoms with Gasteiger partial charge in [0.2, 0.25) is 0 Å². The van der Waals surface area contributed by atoms with Crippen LogP contribution < -0.4 is 14.8 Å². The number of piperazine rings is 1. The first-order valence-electron chi connectivity index (χ1n) is 7.38. The number of nitrogens with zero attached hydrogens (tertiary/aromatic N) is 1. The first-order chi connectivity index (χ1) is 9.60. The molecule has 1 aromatic carbocycles. The zero-order valence-electron chi connectivity index (χ0n) is 13.0. The van der Waals surface area contributed by atoms with Crippen molar-refractivity contribution < 1.29 is 9.47 Å². The van der Waals surface area contributed by atoms with Crippen molar-refractivity contribution in [2.24, 2.45) is 0 Å². The summed E-state index contributed by atoms with van der Waals surface area (Å²) in [6.45, 7) is 10.4. The van der Waals surface area contributed by atoms with Crippen LogP contribution in [-0.4, -0.2) is 43.8 Å². The Kier molecular flexibility index (Phi) is 5.26. The fourth-order valence-corrected chi connectivity index (χ4v) is 2.61. The minimum absolute atomic E-state index is 0.145. The number of methoxy groups -OCH3 is 1. The number of hydrogen-bond donors (Lipinski definition) is 1. The summed E-state index contributed by atoms with van der Waals surface area (Å²) in [6.07, 6.45) is 0.145. The predicted octanol–water partition coefficient (Wildman–Crippen LogP) is 2.28. The van der Waals surface area contributed by atoms with Gasteiger partial charge >= 0.3 is 0 Å². The molecule has 0 spiro atoms. The predicted molar refractivity (Wildman–Crippen MR) is 81.5 cm³/mol. The third kappa shape index (κ3) is 3.87. The van der Waals surface area contributed by atoms with Gasteiger partial charge in [-0.3, -0.25) is 4.90 Å². The van der Waals surface area contributed by atoms with E-state index in [9.17, 15) is 0 Å². The number of rotatable bonds is 5. The lowest BCUT2D eigenvalue weighted by molar-refractivity contribution is 0.189. The molecular formula is C16H26N2O2. The summed E-state index contributed by atoms with van der Waals surface area (Å²) in [7, 11) is 1.69. The molecule has 1 saturated heterocycles. The number of ether oxygens (including phenoxy) is 2. The molecule has 0 radical (unpaired) electrons. The molecule has 0 bridgehead atoms. The molecule has 0 amide bonds.